The van der Waals surface area contributed by atoms with Crippen LogP contribution in [0.4, 0.5) is 0 Å². The first-order valence-corrected chi connectivity index (χ1v) is 4.87. The number of aliphatic hydroxyl groups is 1. The van der Waals surface area contributed by atoms with Crippen LogP contribution in [-0.2, 0) is 0 Å². The Kier molecular flexibility index (Phi) is 4.79. The van der Waals surface area contributed by atoms with Crippen molar-refractivity contribution in [1.29, 1.82) is 0 Å². The van der Waals surface area contributed by atoms with Crippen LogP contribution in [0.2, 0.25) is 0 Å². The third kappa shape index (κ3) is 3.62. The molecule has 0 saturated heterocycles. The van der Waals surface area contributed by atoms with Crippen LogP contribution >= 0.6 is 0 Å². The smallest absolute Gasteiger partial charge is 0.120 e. The summed E-state index contributed by atoms with van der Waals surface area (Å²) in [6, 6.07) is 7.82. The van der Waals surface area contributed by atoms with Crippen LogP contribution in [0, 0.1) is 0 Å². The topological polar surface area (TPSA) is 29.5 Å². The minimum Gasteiger partial charge on any atom is -0.491 e. The summed E-state index contributed by atoms with van der Waals surface area (Å²) in [5.41, 5.74) is 1.13. The SMILES string of the molecule is CCC=Cc1cccc(OCCO)c1. The molecule has 1 N–H and O–H groups in total. The van der Waals surface area contributed by atoms with E-state index in [1.165, 1.54) is 0 Å². The molecule has 0 amide bonds. The number of ether oxygens (including phenoxy) is 1. The van der Waals surface area contributed by atoms with Crippen LogP contribution in [0.1, 0.15) is 18.9 Å². The zero-order valence-corrected chi connectivity index (χ0v) is 8.44. The van der Waals surface area contributed by atoms with Gasteiger partial charge in [-0.2, -0.15) is 0 Å². The first-order valence-electron chi connectivity index (χ1n) is 4.87. The molecule has 0 bridgehead atoms. The number of rotatable bonds is 5. The highest BCUT2D eigenvalue weighted by Crippen LogP contribution is 2.14. The van der Waals surface area contributed by atoms with Gasteiger partial charge in [-0.15, -0.1) is 0 Å². The summed E-state index contributed by atoms with van der Waals surface area (Å²) in [5.74, 6) is 0.803. The van der Waals surface area contributed by atoms with Crippen molar-refractivity contribution in [2.75, 3.05) is 13.2 Å². The molecule has 0 atom stereocenters. The molecule has 1 aromatic carbocycles. The summed E-state index contributed by atoms with van der Waals surface area (Å²) in [5, 5.41) is 8.60. The predicted molar refractivity (Wildman–Crippen MR) is 58.3 cm³/mol. The van der Waals surface area contributed by atoms with E-state index in [2.05, 4.69) is 19.1 Å². The Morgan fingerprint density at radius 3 is 3.00 bits per heavy atom. The minimum absolute atomic E-state index is 0.0506. The van der Waals surface area contributed by atoms with Gasteiger partial charge in [0.2, 0.25) is 0 Å². The minimum atomic E-state index is 0.0506. The summed E-state index contributed by atoms with van der Waals surface area (Å²) in [6.45, 7) is 2.50. The lowest BCUT2D eigenvalue weighted by molar-refractivity contribution is 0.201. The molecule has 0 spiro atoms. The fourth-order valence-electron chi connectivity index (χ4n) is 1.13. The number of aliphatic hydroxyl groups excluding tert-OH is 1. The lowest BCUT2D eigenvalue weighted by Crippen LogP contribution is -2.01. The number of hydrogen-bond donors (Lipinski definition) is 1. The first kappa shape index (κ1) is 10.8. The summed E-state index contributed by atoms with van der Waals surface area (Å²) in [6.07, 6.45) is 5.19. The average molecular weight is 192 g/mol. The molecule has 2 nitrogen and oxygen atoms in total. The van der Waals surface area contributed by atoms with Gasteiger partial charge in [0.25, 0.3) is 0 Å². The Bertz CT molecular complexity index is 292. The molecule has 0 unspecified atom stereocenters. The zero-order valence-electron chi connectivity index (χ0n) is 8.44. The van der Waals surface area contributed by atoms with E-state index < -0.39 is 0 Å². The third-order valence-electron chi connectivity index (χ3n) is 1.76. The molecular formula is C12H16O2. The fourth-order valence-corrected chi connectivity index (χ4v) is 1.13. The van der Waals surface area contributed by atoms with Crippen molar-refractivity contribution in [3.8, 4) is 5.75 Å². The van der Waals surface area contributed by atoms with Gasteiger partial charge >= 0.3 is 0 Å². The van der Waals surface area contributed by atoms with Gasteiger partial charge in [0.15, 0.2) is 0 Å². The van der Waals surface area contributed by atoms with Crippen molar-refractivity contribution in [3.63, 3.8) is 0 Å². The molecule has 0 aromatic heterocycles. The quantitative estimate of drug-likeness (QED) is 0.776. The number of hydrogen-bond acceptors (Lipinski definition) is 2. The molecule has 0 aliphatic carbocycles. The maximum atomic E-state index is 8.60. The van der Waals surface area contributed by atoms with Gasteiger partial charge in [-0.3, -0.25) is 0 Å². The summed E-state index contributed by atoms with van der Waals surface area (Å²) >= 11 is 0. The van der Waals surface area contributed by atoms with Gasteiger partial charge in [0.1, 0.15) is 12.4 Å². The molecular weight excluding hydrogens is 176 g/mol. The molecule has 76 valence electrons. The summed E-state index contributed by atoms with van der Waals surface area (Å²) in [4.78, 5) is 0. The number of allylic oxidation sites excluding steroid dienone is 1. The summed E-state index contributed by atoms with van der Waals surface area (Å²) < 4.78 is 5.29. The lowest BCUT2D eigenvalue weighted by atomic mass is 10.2. The van der Waals surface area contributed by atoms with Crippen molar-refractivity contribution in [2.45, 2.75) is 13.3 Å². The molecule has 1 aromatic rings. The fraction of sp³-hybridized carbons (Fsp3) is 0.333. The van der Waals surface area contributed by atoms with E-state index in [0.29, 0.717) is 6.61 Å². The maximum Gasteiger partial charge on any atom is 0.120 e. The van der Waals surface area contributed by atoms with Gasteiger partial charge in [-0.1, -0.05) is 31.2 Å². The van der Waals surface area contributed by atoms with Gasteiger partial charge in [-0.25, -0.2) is 0 Å². The van der Waals surface area contributed by atoms with Crippen molar-refractivity contribution in [3.05, 3.63) is 35.9 Å². The Hall–Kier alpha value is -1.28. The molecule has 0 aliphatic rings. The molecule has 1 rings (SSSR count). The molecule has 0 fully saturated rings. The third-order valence-corrected chi connectivity index (χ3v) is 1.76. The molecule has 0 aliphatic heterocycles. The highest BCUT2D eigenvalue weighted by Gasteiger charge is 1.93. The van der Waals surface area contributed by atoms with Crippen LogP contribution < -0.4 is 4.74 Å². The van der Waals surface area contributed by atoms with Gasteiger partial charge in [0, 0.05) is 0 Å². The van der Waals surface area contributed by atoms with E-state index in [9.17, 15) is 0 Å². The molecule has 0 heterocycles. The largest absolute Gasteiger partial charge is 0.491 e. The van der Waals surface area contributed by atoms with E-state index in [4.69, 9.17) is 9.84 Å². The van der Waals surface area contributed by atoms with E-state index in [0.717, 1.165) is 17.7 Å². The van der Waals surface area contributed by atoms with E-state index in [1.807, 2.05) is 24.3 Å². The Morgan fingerprint density at radius 1 is 1.43 bits per heavy atom. The van der Waals surface area contributed by atoms with Crippen molar-refractivity contribution in [2.24, 2.45) is 0 Å². The van der Waals surface area contributed by atoms with Crippen LogP contribution in [-0.4, -0.2) is 18.3 Å². The van der Waals surface area contributed by atoms with E-state index in [-0.39, 0.29) is 6.61 Å². The molecule has 2 heteroatoms. The first-order chi connectivity index (χ1) is 6.86. The molecule has 14 heavy (non-hydrogen) atoms. The van der Waals surface area contributed by atoms with Gasteiger partial charge < -0.3 is 9.84 Å². The Morgan fingerprint density at radius 2 is 2.29 bits per heavy atom. The zero-order chi connectivity index (χ0) is 10.2. The second-order valence-corrected chi connectivity index (χ2v) is 2.96. The van der Waals surface area contributed by atoms with Crippen molar-refractivity contribution in [1.82, 2.24) is 0 Å². The predicted octanol–water partition coefficient (Wildman–Crippen LogP) is 2.48. The number of benzene rings is 1. The van der Waals surface area contributed by atoms with Crippen LogP contribution in [0.3, 0.4) is 0 Å². The molecule has 0 radical (unpaired) electrons. The Balaban J connectivity index is 2.63. The van der Waals surface area contributed by atoms with Gasteiger partial charge in [-0.05, 0) is 24.1 Å². The van der Waals surface area contributed by atoms with Crippen LogP contribution in [0.5, 0.6) is 5.75 Å². The van der Waals surface area contributed by atoms with E-state index in [1.54, 1.807) is 0 Å². The lowest BCUT2D eigenvalue weighted by Gasteiger charge is -2.04. The van der Waals surface area contributed by atoms with Crippen molar-refractivity contribution < 1.29 is 9.84 Å². The highest BCUT2D eigenvalue weighted by atomic mass is 16.5. The Labute approximate surface area is 84.8 Å². The second-order valence-electron chi connectivity index (χ2n) is 2.96. The van der Waals surface area contributed by atoms with E-state index >= 15 is 0 Å². The van der Waals surface area contributed by atoms with Gasteiger partial charge in [0.05, 0.1) is 6.61 Å². The monoisotopic (exact) mass is 192 g/mol. The maximum absolute atomic E-state index is 8.60. The average Bonchev–Trinajstić information content (AvgIpc) is 2.24. The van der Waals surface area contributed by atoms with Crippen LogP contribution in [0.25, 0.3) is 6.08 Å². The normalized spacial score (nSPS) is 10.7. The van der Waals surface area contributed by atoms with Crippen LogP contribution in [0.15, 0.2) is 30.3 Å². The second kappa shape index (κ2) is 6.22. The van der Waals surface area contributed by atoms with Crippen molar-refractivity contribution >= 4 is 6.08 Å². The summed E-state index contributed by atoms with van der Waals surface area (Å²) in [7, 11) is 0. The molecule has 0 saturated carbocycles. The standard InChI is InChI=1S/C12H16O2/c1-2-3-5-11-6-4-7-12(10-11)14-9-8-13/h3-7,10,13H,2,8-9H2,1H3. The highest BCUT2D eigenvalue weighted by molar-refractivity contribution is 5.51.